The summed E-state index contributed by atoms with van der Waals surface area (Å²) >= 11 is 0. The van der Waals surface area contributed by atoms with Gasteiger partial charge in [-0.3, -0.25) is 4.79 Å². The first-order valence-electron chi connectivity index (χ1n) is 15.6. The molecule has 0 radical (unpaired) electrons. The summed E-state index contributed by atoms with van der Waals surface area (Å²) in [4.78, 5) is 12.6. The van der Waals surface area contributed by atoms with E-state index in [2.05, 4.69) is 57.4 Å². The van der Waals surface area contributed by atoms with Gasteiger partial charge in [-0.05, 0) is 31.4 Å². The van der Waals surface area contributed by atoms with E-state index in [1.807, 2.05) is 25.1 Å². The van der Waals surface area contributed by atoms with Crippen LogP contribution in [-0.4, -0.2) is 44.3 Å². The normalized spacial score (nSPS) is 12.3. The van der Waals surface area contributed by atoms with E-state index in [4.69, 9.17) is 9.47 Å². The number of benzene rings is 2. The van der Waals surface area contributed by atoms with Gasteiger partial charge < -0.3 is 14.0 Å². The molecule has 0 fully saturated rings. The third-order valence-corrected chi connectivity index (χ3v) is 7.48. The smallest absolute Gasteiger partial charge is 0.314 e. The molecule has 39 heavy (non-hydrogen) atoms. The van der Waals surface area contributed by atoms with E-state index in [9.17, 15) is 4.79 Å². The molecule has 4 heteroatoms. The molecule has 1 unspecified atom stereocenters. The molecule has 2 rings (SSSR count). The molecule has 0 aliphatic carbocycles. The minimum absolute atomic E-state index is 0.150. The molecule has 218 valence electrons. The molecule has 0 saturated heterocycles. The van der Waals surface area contributed by atoms with Crippen LogP contribution < -0.4 is 4.74 Å². The first-order chi connectivity index (χ1) is 18.9. The summed E-state index contributed by atoms with van der Waals surface area (Å²) in [5, 5.41) is 0. The van der Waals surface area contributed by atoms with Gasteiger partial charge in [-0.25, -0.2) is 0 Å². The molecule has 0 N–H and O–H groups in total. The summed E-state index contributed by atoms with van der Waals surface area (Å²) in [6.45, 7) is 6.52. The van der Waals surface area contributed by atoms with Crippen LogP contribution >= 0.6 is 0 Å². The van der Waals surface area contributed by atoms with Gasteiger partial charge in [0.2, 0.25) is 0 Å². The van der Waals surface area contributed by atoms with Crippen molar-refractivity contribution in [2.24, 2.45) is 5.92 Å². The Labute approximate surface area is 239 Å². The zero-order valence-corrected chi connectivity index (χ0v) is 25.5. The van der Waals surface area contributed by atoms with Crippen LogP contribution in [0.3, 0.4) is 0 Å². The van der Waals surface area contributed by atoms with Crippen molar-refractivity contribution in [1.82, 2.24) is 0 Å². The van der Waals surface area contributed by atoms with Gasteiger partial charge >= 0.3 is 5.97 Å². The highest BCUT2D eigenvalue weighted by Crippen LogP contribution is 2.21. The Kier molecular flexibility index (Phi) is 16.6. The summed E-state index contributed by atoms with van der Waals surface area (Å²) in [6.07, 6.45) is 17.4. The minimum Gasteiger partial charge on any atom is -0.490 e. The number of quaternary nitrogens is 1. The van der Waals surface area contributed by atoms with Gasteiger partial charge in [-0.2, -0.15) is 0 Å². The Morgan fingerprint density at radius 2 is 1.31 bits per heavy atom. The molecule has 0 amide bonds. The van der Waals surface area contributed by atoms with Crippen molar-refractivity contribution >= 4 is 5.97 Å². The molecule has 1 atom stereocenters. The Hall–Kier alpha value is -2.33. The minimum atomic E-state index is -0.165. The van der Waals surface area contributed by atoms with E-state index < -0.39 is 0 Å². The summed E-state index contributed by atoms with van der Waals surface area (Å²) in [5.74, 6) is 0.606. The highest BCUT2D eigenvalue weighted by Gasteiger charge is 2.25. The van der Waals surface area contributed by atoms with Crippen LogP contribution in [0.1, 0.15) is 102 Å². The van der Waals surface area contributed by atoms with Crippen LogP contribution in [0, 0.1) is 5.92 Å². The van der Waals surface area contributed by atoms with Crippen LogP contribution in [0.2, 0.25) is 0 Å². The second-order valence-corrected chi connectivity index (χ2v) is 11.9. The molecule has 0 aliphatic rings. The first kappa shape index (κ1) is 32.9. The lowest BCUT2D eigenvalue weighted by molar-refractivity contribution is -0.905. The quantitative estimate of drug-likeness (QED) is 0.0854. The number of nitrogens with zero attached hydrogens (tertiary/aromatic N) is 1. The lowest BCUT2D eigenvalue weighted by atomic mass is 10.0. The zero-order chi connectivity index (χ0) is 28.2. The van der Waals surface area contributed by atoms with Crippen molar-refractivity contribution in [3.63, 3.8) is 0 Å². The van der Waals surface area contributed by atoms with Gasteiger partial charge in [0.15, 0.2) is 0 Å². The topological polar surface area (TPSA) is 35.5 Å². The average Bonchev–Trinajstić information content (AvgIpc) is 2.92. The van der Waals surface area contributed by atoms with Gasteiger partial charge in [0.05, 0.1) is 20.6 Å². The standard InChI is InChI=1S/C35H56NO3/c1-5-6-7-8-9-10-11-12-13-14-15-19-24-33-25-20-21-26-34(33)38-27-28-39-35(37)31(2)29-36(3,4)30-32-22-17-16-18-23-32/h16-18,20-23,25-26,31H,5-15,19,24,27-30H2,1-4H3/q+1. The molecule has 0 aliphatic heterocycles. The summed E-state index contributed by atoms with van der Waals surface area (Å²) in [7, 11) is 4.32. The largest absolute Gasteiger partial charge is 0.490 e. The Bertz CT molecular complexity index is 896. The van der Waals surface area contributed by atoms with Crippen molar-refractivity contribution < 1.29 is 18.8 Å². The lowest BCUT2D eigenvalue weighted by Gasteiger charge is -2.31. The summed E-state index contributed by atoms with van der Waals surface area (Å²) in [6, 6.07) is 18.7. The summed E-state index contributed by atoms with van der Waals surface area (Å²) in [5.41, 5.74) is 2.53. The molecule has 0 spiro atoms. The van der Waals surface area contributed by atoms with Crippen molar-refractivity contribution in [2.75, 3.05) is 33.9 Å². The van der Waals surface area contributed by atoms with E-state index in [1.54, 1.807) is 0 Å². The van der Waals surface area contributed by atoms with E-state index in [0.717, 1.165) is 29.7 Å². The van der Waals surface area contributed by atoms with Crippen molar-refractivity contribution in [3.05, 3.63) is 65.7 Å². The van der Waals surface area contributed by atoms with Crippen molar-refractivity contribution in [1.29, 1.82) is 0 Å². The molecule has 4 nitrogen and oxygen atoms in total. The van der Waals surface area contributed by atoms with Gasteiger partial charge in [0.25, 0.3) is 0 Å². The number of aryl methyl sites for hydroxylation is 1. The van der Waals surface area contributed by atoms with E-state index in [0.29, 0.717) is 6.61 Å². The van der Waals surface area contributed by atoms with Gasteiger partial charge in [-0.15, -0.1) is 0 Å². The highest BCUT2D eigenvalue weighted by molar-refractivity contribution is 5.72. The number of rotatable bonds is 22. The fraction of sp³-hybridized carbons (Fsp3) is 0.629. The number of esters is 1. The van der Waals surface area contributed by atoms with Gasteiger partial charge in [-0.1, -0.05) is 126 Å². The predicted octanol–water partition coefficient (Wildman–Crippen LogP) is 8.76. The Morgan fingerprint density at radius 1 is 0.744 bits per heavy atom. The van der Waals surface area contributed by atoms with Crippen LogP contribution in [0.15, 0.2) is 54.6 Å². The molecule has 0 bridgehead atoms. The third kappa shape index (κ3) is 15.1. The average molecular weight is 539 g/mol. The molecule has 2 aromatic carbocycles. The van der Waals surface area contributed by atoms with Crippen molar-refractivity contribution in [2.45, 2.75) is 104 Å². The van der Waals surface area contributed by atoms with Gasteiger partial charge in [0, 0.05) is 5.56 Å². The third-order valence-electron chi connectivity index (χ3n) is 7.48. The van der Waals surface area contributed by atoms with Crippen LogP contribution in [0.25, 0.3) is 0 Å². The molecule has 0 heterocycles. The maximum atomic E-state index is 12.6. The Balaban J connectivity index is 1.58. The Morgan fingerprint density at radius 3 is 1.95 bits per heavy atom. The number of para-hydroxylation sites is 1. The number of unbranched alkanes of at least 4 members (excludes halogenated alkanes) is 11. The first-order valence-corrected chi connectivity index (χ1v) is 15.6. The monoisotopic (exact) mass is 538 g/mol. The van der Waals surface area contributed by atoms with E-state index in [1.165, 1.54) is 88.2 Å². The number of ether oxygens (including phenoxy) is 2. The highest BCUT2D eigenvalue weighted by atomic mass is 16.6. The summed E-state index contributed by atoms with van der Waals surface area (Å²) < 4.78 is 12.3. The maximum absolute atomic E-state index is 12.6. The maximum Gasteiger partial charge on any atom is 0.314 e. The lowest BCUT2D eigenvalue weighted by Crippen LogP contribution is -2.44. The zero-order valence-electron chi connectivity index (χ0n) is 25.5. The van der Waals surface area contributed by atoms with Crippen LogP contribution in [0.4, 0.5) is 0 Å². The second-order valence-electron chi connectivity index (χ2n) is 11.9. The fourth-order valence-corrected chi connectivity index (χ4v) is 5.40. The number of carbonyl (C=O) groups excluding carboxylic acids is 1. The van der Waals surface area contributed by atoms with E-state index in [-0.39, 0.29) is 18.5 Å². The fourth-order valence-electron chi connectivity index (χ4n) is 5.40. The van der Waals surface area contributed by atoms with Crippen LogP contribution in [0.5, 0.6) is 5.75 Å². The van der Waals surface area contributed by atoms with Crippen molar-refractivity contribution in [3.8, 4) is 5.75 Å². The number of hydrogen-bond donors (Lipinski definition) is 0. The molecule has 2 aromatic rings. The number of hydrogen-bond acceptors (Lipinski definition) is 3. The molecular formula is C35H56NO3+. The predicted molar refractivity (Wildman–Crippen MR) is 164 cm³/mol. The van der Waals surface area contributed by atoms with Gasteiger partial charge in [0.1, 0.15) is 31.4 Å². The van der Waals surface area contributed by atoms with Crippen LogP contribution in [-0.2, 0) is 22.5 Å². The second kappa shape index (κ2) is 19.7. The molecular weight excluding hydrogens is 482 g/mol. The molecule has 0 saturated carbocycles. The number of carbonyl (C=O) groups is 1. The SMILES string of the molecule is CCCCCCCCCCCCCCc1ccccc1OCCOC(=O)C(C)C[N+](C)(C)Cc1ccccc1. The van der Waals surface area contributed by atoms with E-state index >= 15 is 0 Å². The molecule has 0 aromatic heterocycles.